The zero-order valence-electron chi connectivity index (χ0n) is 11.0. The number of halogens is 2. The highest BCUT2D eigenvalue weighted by molar-refractivity contribution is 5.59. The summed E-state index contributed by atoms with van der Waals surface area (Å²) in [6.45, 7) is 4.07. The molecule has 0 amide bonds. The van der Waals surface area contributed by atoms with Crippen LogP contribution in [-0.4, -0.2) is 9.97 Å². The molecule has 19 heavy (non-hydrogen) atoms. The molecule has 3 nitrogen and oxygen atoms in total. The van der Waals surface area contributed by atoms with Crippen molar-refractivity contribution in [1.82, 2.24) is 9.97 Å². The van der Waals surface area contributed by atoms with Gasteiger partial charge in [-0.15, -0.1) is 0 Å². The number of aromatic amines is 1. The van der Waals surface area contributed by atoms with Crippen LogP contribution in [0, 0.1) is 17.6 Å². The third-order valence-corrected chi connectivity index (χ3v) is 3.41. The minimum atomic E-state index is -0.880. The van der Waals surface area contributed by atoms with Gasteiger partial charge in [-0.1, -0.05) is 26.3 Å². The third-order valence-electron chi connectivity index (χ3n) is 3.41. The smallest absolute Gasteiger partial charge is 0.168 e. The van der Waals surface area contributed by atoms with E-state index in [4.69, 9.17) is 5.73 Å². The Morgan fingerprint density at radius 1 is 1.37 bits per heavy atom. The van der Waals surface area contributed by atoms with Gasteiger partial charge >= 0.3 is 0 Å². The number of aromatic nitrogens is 2. The Labute approximate surface area is 110 Å². The van der Waals surface area contributed by atoms with Crippen molar-refractivity contribution < 1.29 is 8.78 Å². The molecule has 3 N–H and O–H groups in total. The Balaban J connectivity index is 2.33. The molecule has 102 valence electrons. The van der Waals surface area contributed by atoms with Crippen molar-refractivity contribution in [3.63, 3.8) is 0 Å². The maximum atomic E-state index is 13.7. The molecule has 0 saturated heterocycles. The van der Waals surface area contributed by atoms with Crippen LogP contribution in [0.5, 0.6) is 0 Å². The lowest BCUT2D eigenvalue weighted by Crippen LogP contribution is -2.19. The molecule has 0 radical (unpaired) electrons. The van der Waals surface area contributed by atoms with Crippen molar-refractivity contribution in [2.45, 2.75) is 26.3 Å². The average molecular weight is 265 g/mol. The number of nitrogens with two attached hydrogens (primary N) is 1. The van der Waals surface area contributed by atoms with Gasteiger partial charge in [0.2, 0.25) is 0 Å². The molecule has 0 saturated carbocycles. The van der Waals surface area contributed by atoms with Gasteiger partial charge in [0.1, 0.15) is 5.82 Å². The van der Waals surface area contributed by atoms with E-state index in [1.54, 1.807) is 0 Å². The molecule has 1 aromatic heterocycles. The summed E-state index contributed by atoms with van der Waals surface area (Å²) in [6, 6.07) is 3.81. The molecule has 2 rings (SSSR count). The number of rotatable bonds is 4. The van der Waals surface area contributed by atoms with Gasteiger partial charge in [-0.25, -0.2) is 13.8 Å². The predicted octanol–water partition coefficient (Wildman–Crippen LogP) is 3.40. The SMILES string of the molecule is CCC(C)C(N)c1ncc(-c2cccc(F)c2F)[nH]1. The van der Waals surface area contributed by atoms with Gasteiger partial charge in [-0.3, -0.25) is 0 Å². The van der Waals surface area contributed by atoms with E-state index in [1.807, 2.05) is 13.8 Å². The van der Waals surface area contributed by atoms with E-state index in [9.17, 15) is 8.78 Å². The quantitative estimate of drug-likeness (QED) is 0.890. The number of benzene rings is 1. The molecule has 0 aliphatic rings. The Morgan fingerprint density at radius 2 is 2.11 bits per heavy atom. The number of nitrogens with one attached hydrogen (secondary N) is 1. The fraction of sp³-hybridized carbons (Fsp3) is 0.357. The van der Waals surface area contributed by atoms with Gasteiger partial charge < -0.3 is 10.7 Å². The minimum absolute atomic E-state index is 0.162. The molecule has 0 aliphatic heterocycles. The normalized spacial score (nSPS) is 14.4. The third kappa shape index (κ3) is 2.66. The lowest BCUT2D eigenvalue weighted by Gasteiger charge is -2.15. The van der Waals surface area contributed by atoms with Crippen LogP contribution in [0.2, 0.25) is 0 Å². The van der Waals surface area contributed by atoms with E-state index >= 15 is 0 Å². The van der Waals surface area contributed by atoms with E-state index in [0.717, 1.165) is 12.5 Å². The standard InChI is InChI=1S/C14H17F2N3/c1-3-8(2)13(17)14-18-7-11(19-14)9-5-4-6-10(15)12(9)16/h4-8,13H,3,17H2,1-2H3,(H,18,19). The second-order valence-corrected chi connectivity index (χ2v) is 4.69. The Kier molecular flexibility index (Phi) is 3.95. The number of nitrogens with zero attached hydrogens (tertiary/aromatic N) is 1. The summed E-state index contributed by atoms with van der Waals surface area (Å²) in [7, 11) is 0. The fourth-order valence-electron chi connectivity index (χ4n) is 1.88. The molecule has 1 heterocycles. The Bertz CT molecular complexity index is 566. The van der Waals surface area contributed by atoms with E-state index in [-0.39, 0.29) is 17.5 Å². The molecule has 0 aliphatic carbocycles. The zero-order chi connectivity index (χ0) is 14.0. The van der Waals surface area contributed by atoms with Crippen LogP contribution in [0.3, 0.4) is 0 Å². The molecule has 1 aromatic carbocycles. The Hall–Kier alpha value is -1.75. The highest BCUT2D eigenvalue weighted by Gasteiger charge is 2.18. The highest BCUT2D eigenvalue weighted by Crippen LogP contribution is 2.25. The van der Waals surface area contributed by atoms with Crippen LogP contribution in [0.4, 0.5) is 8.78 Å². The second-order valence-electron chi connectivity index (χ2n) is 4.69. The summed E-state index contributed by atoms with van der Waals surface area (Å²) in [5.74, 6) is -0.904. The van der Waals surface area contributed by atoms with Crippen LogP contribution in [0.1, 0.15) is 32.1 Å². The molecule has 0 fully saturated rings. The summed E-state index contributed by atoms with van der Waals surface area (Å²) in [5.41, 5.74) is 6.64. The molecule has 5 heteroatoms. The van der Waals surface area contributed by atoms with Crippen molar-refractivity contribution in [1.29, 1.82) is 0 Å². The largest absolute Gasteiger partial charge is 0.341 e. The predicted molar refractivity (Wildman–Crippen MR) is 70.3 cm³/mol. The Morgan fingerprint density at radius 3 is 2.79 bits per heavy atom. The first-order valence-electron chi connectivity index (χ1n) is 6.29. The van der Waals surface area contributed by atoms with E-state index in [1.165, 1.54) is 18.3 Å². The lowest BCUT2D eigenvalue weighted by atomic mass is 10.00. The number of hydrogen-bond donors (Lipinski definition) is 2. The van der Waals surface area contributed by atoms with Crippen molar-refractivity contribution in [2.75, 3.05) is 0 Å². The minimum Gasteiger partial charge on any atom is -0.341 e. The lowest BCUT2D eigenvalue weighted by molar-refractivity contribution is 0.441. The molecule has 0 bridgehead atoms. The molecule has 2 aromatic rings. The maximum absolute atomic E-state index is 13.7. The average Bonchev–Trinajstić information content (AvgIpc) is 2.89. The van der Waals surface area contributed by atoms with Crippen molar-refractivity contribution in [3.8, 4) is 11.3 Å². The molecule has 0 spiro atoms. The van der Waals surface area contributed by atoms with Crippen LogP contribution in [0.15, 0.2) is 24.4 Å². The summed E-state index contributed by atoms with van der Waals surface area (Å²) in [6.07, 6.45) is 2.40. The van der Waals surface area contributed by atoms with Crippen molar-refractivity contribution in [3.05, 3.63) is 41.9 Å². The van der Waals surface area contributed by atoms with E-state index in [2.05, 4.69) is 9.97 Å². The van der Waals surface area contributed by atoms with Crippen LogP contribution in [-0.2, 0) is 0 Å². The van der Waals surface area contributed by atoms with Gasteiger partial charge in [-0.2, -0.15) is 0 Å². The number of H-pyrrole nitrogens is 1. The number of hydrogen-bond acceptors (Lipinski definition) is 2. The van der Waals surface area contributed by atoms with Crippen LogP contribution in [0.25, 0.3) is 11.3 Å². The van der Waals surface area contributed by atoms with Crippen LogP contribution < -0.4 is 5.73 Å². The van der Waals surface area contributed by atoms with E-state index in [0.29, 0.717) is 11.5 Å². The second kappa shape index (κ2) is 5.48. The molecular formula is C14H17F2N3. The summed E-state index contributed by atoms with van der Waals surface area (Å²) in [4.78, 5) is 7.13. The van der Waals surface area contributed by atoms with Crippen molar-refractivity contribution >= 4 is 0 Å². The first-order valence-corrected chi connectivity index (χ1v) is 6.29. The van der Waals surface area contributed by atoms with Crippen molar-refractivity contribution in [2.24, 2.45) is 11.7 Å². The van der Waals surface area contributed by atoms with Gasteiger partial charge in [0.05, 0.1) is 17.9 Å². The summed E-state index contributed by atoms with van der Waals surface area (Å²) < 4.78 is 26.8. The van der Waals surface area contributed by atoms with Gasteiger partial charge in [-0.05, 0) is 18.1 Å². The zero-order valence-corrected chi connectivity index (χ0v) is 11.0. The van der Waals surface area contributed by atoms with Crippen LogP contribution >= 0.6 is 0 Å². The molecule has 2 atom stereocenters. The number of imidazole rings is 1. The molecular weight excluding hydrogens is 248 g/mol. The maximum Gasteiger partial charge on any atom is 0.168 e. The first kappa shape index (κ1) is 13.7. The van der Waals surface area contributed by atoms with Gasteiger partial charge in [0.15, 0.2) is 11.6 Å². The first-order chi connectivity index (χ1) is 9.04. The summed E-state index contributed by atoms with van der Waals surface area (Å²) >= 11 is 0. The highest BCUT2D eigenvalue weighted by atomic mass is 19.2. The monoisotopic (exact) mass is 265 g/mol. The van der Waals surface area contributed by atoms with Gasteiger partial charge in [0, 0.05) is 5.56 Å². The topological polar surface area (TPSA) is 54.7 Å². The fourth-order valence-corrected chi connectivity index (χ4v) is 1.88. The molecule has 2 unspecified atom stereocenters. The summed E-state index contributed by atoms with van der Waals surface area (Å²) in [5, 5.41) is 0. The van der Waals surface area contributed by atoms with Gasteiger partial charge in [0.25, 0.3) is 0 Å². The van der Waals surface area contributed by atoms with E-state index < -0.39 is 11.6 Å².